The van der Waals surface area contributed by atoms with Crippen LogP contribution in [0.25, 0.3) is 11.1 Å². The van der Waals surface area contributed by atoms with Crippen LogP contribution in [0.1, 0.15) is 18.9 Å². The first kappa shape index (κ1) is 14.0. The third-order valence-corrected chi connectivity index (χ3v) is 3.61. The molecule has 0 atom stereocenters. The minimum absolute atomic E-state index is 0.720. The molecule has 21 heavy (non-hydrogen) atoms. The predicted octanol–water partition coefficient (Wildman–Crippen LogP) is 3.62. The van der Waals surface area contributed by atoms with Gasteiger partial charge in [0.1, 0.15) is 0 Å². The lowest BCUT2D eigenvalue weighted by molar-refractivity contribution is 0.297. The predicted molar refractivity (Wildman–Crippen MR) is 84.9 cm³/mol. The number of rotatable bonds is 4. The van der Waals surface area contributed by atoms with Crippen molar-refractivity contribution in [3.8, 4) is 22.6 Å². The van der Waals surface area contributed by atoms with Gasteiger partial charge in [-0.3, -0.25) is 0 Å². The van der Waals surface area contributed by atoms with E-state index in [1.54, 1.807) is 0 Å². The largest absolute Gasteiger partial charge is 0.490 e. The molecule has 0 saturated carbocycles. The SMILES string of the molecule is CCNCc1ccc(-c2ccc3c(c2)OCCCO3)cc1. The molecule has 0 bridgehead atoms. The molecular formula is C18H21NO2. The van der Waals surface area contributed by atoms with E-state index in [1.165, 1.54) is 11.1 Å². The summed E-state index contributed by atoms with van der Waals surface area (Å²) in [7, 11) is 0. The molecule has 0 spiro atoms. The number of fused-ring (bicyclic) bond motifs is 1. The second-order valence-electron chi connectivity index (χ2n) is 5.19. The molecule has 0 aliphatic carbocycles. The van der Waals surface area contributed by atoms with Crippen molar-refractivity contribution >= 4 is 0 Å². The van der Waals surface area contributed by atoms with Crippen molar-refractivity contribution in [2.45, 2.75) is 19.9 Å². The highest BCUT2D eigenvalue weighted by Gasteiger charge is 2.11. The van der Waals surface area contributed by atoms with Crippen molar-refractivity contribution < 1.29 is 9.47 Å². The van der Waals surface area contributed by atoms with Crippen LogP contribution in [-0.4, -0.2) is 19.8 Å². The minimum atomic E-state index is 0.720. The normalized spacial score (nSPS) is 13.8. The van der Waals surface area contributed by atoms with Gasteiger partial charge in [-0.2, -0.15) is 0 Å². The average Bonchev–Trinajstić information content (AvgIpc) is 2.78. The zero-order valence-electron chi connectivity index (χ0n) is 12.4. The Hall–Kier alpha value is -2.00. The van der Waals surface area contributed by atoms with Gasteiger partial charge in [0.25, 0.3) is 0 Å². The fraction of sp³-hybridized carbons (Fsp3) is 0.333. The second kappa shape index (κ2) is 6.64. The Kier molecular flexibility index (Phi) is 4.41. The smallest absolute Gasteiger partial charge is 0.161 e. The van der Waals surface area contributed by atoms with Crippen LogP contribution in [0.15, 0.2) is 42.5 Å². The minimum Gasteiger partial charge on any atom is -0.490 e. The van der Waals surface area contributed by atoms with Crippen molar-refractivity contribution in [3.63, 3.8) is 0 Å². The summed E-state index contributed by atoms with van der Waals surface area (Å²) >= 11 is 0. The van der Waals surface area contributed by atoms with E-state index in [-0.39, 0.29) is 0 Å². The summed E-state index contributed by atoms with van der Waals surface area (Å²) in [6.45, 7) is 5.47. The van der Waals surface area contributed by atoms with Gasteiger partial charge in [-0.25, -0.2) is 0 Å². The zero-order valence-corrected chi connectivity index (χ0v) is 12.4. The standard InChI is InChI=1S/C18H21NO2/c1-2-19-13-14-4-6-15(7-5-14)16-8-9-17-18(12-16)21-11-3-10-20-17/h4-9,12,19H,2-3,10-11,13H2,1H3. The zero-order chi connectivity index (χ0) is 14.5. The highest BCUT2D eigenvalue weighted by atomic mass is 16.5. The number of ether oxygens (including phenoxy) is 2. The van der Waals surface area contributed by atoms with Gasteiger partial charge in [0.2, 0.25) is 0 Å². The first-order valence-electron chi connectivity index (χ1n) is 7.56. The molecule has 3 nitrogen and oxygen atoms in total. The van der Waals surface area contributed by atoms with Gasteiger partial charge >= 0.3 is 0 Å². The highest BCUT2D eigenvalue weighted by Crippen LogP contribution is 2.34. The molecular weight excluding hydrogens is 262 g/mol. The van der Waals surface area contributed by atoms with Crippen LogP contribution in [0.2, 0.25) is 0 Å². The van der Waals surface area contributed by atoms with E-state index in [2.05, 4.69) is 48.6 Å². The van der Waals surface area contributed by atoms with Crippen LogP contribution in [0, 0.1) is 0 Å². The Morgan fingerprint density at radius 1 is 0.905 bits per heavy atom. The molecule has 0 fully saturated rings. The molecule has 0 radical (unpaired) electrons. The van der Waals surface area contributed by atoms with Gasteiger partial charge in [0, 0.05) is 13.0 Å². The van der Waals surface area contributed by atoms with Crippen molar-refractivity contribution in [2.75, 3.05) is 19.8 Å². The lowest BCUT2D eigenvalue weighted by Gasteiger charge is -2.10. The van der Waals surface area contributed by atoms with Crippen LogP contribution in [0.3, 0.4) is 0 Å². The molecule has 3 rings (SSSR count). The third kappa shape index (κ3) is 3.37. The average molecular weight is 283 g/mol. The first-order valence-corrected chi connectivity index (χ1v) is 7.56. The van der Waals surface area contributed by atoms with Crippen LogP contribution in [0.5, 0.6) is 11.5 Å². The molecule has 1 aliphatic heterocycles. The molecule has 3 heteroatoms. The Bertz CT molecular complexity index is 593. The molecule has 1 heterocycles. The van der Waals surface area contributed by atoms with Gasteiger partial charge in [0.05, 0.1) is 13.2 Å². The quantitative estimate of drug-likeness (QED) is 0.929. The Labute approximate surface area is 125 Å². The Morgan fingerprint density at radius 2 is 1.62 bits per heavy atom. The number of nitrogens with one attached hydrogen (secondary N) is 1. The molecule has 1 N–H and O–H groups in total. The fourth-order valence-corrected chi connectivity index (χ4v) is 2.43. The van der Waals surface area contributed by atoms with Crippen LogP contribution in [0.4, 0.5) is 0 Å². The number of hydrogen-bond acceptors (Lipinski definition) is 3. The molecule has 0 saturated heterocycles. The van der Waals surface area contributed by atoms with Gasteiger partial charge in [-0.15, -0.1) is 0 Å². The summed E-state index contributed by atoms with van der Waals surface area (Å²) in [5.41, 5.74) is 3.66. The molecule has 0 amide bonds. The maximum Gasteiger partial charge on any atom is 0.161 e. The summed E-state index contributed by atoms with van der Waals surface area (Å²) in [4.78, 5) is 0. The van der Waals surface area contributed by atoms with E-state index >= 15 is 0 Å². The molecule has 0 unspecified atom stereocenters. The van der Waals surface area contributed by atoms with Crippen molar-refractivity contribution in [3.05, 3.63) is 48.0 Å². The summed E-state index contributed by atoms with van der Waals surface area (Å²) in [6.07, 6.45) is 0.934. The molecule has 0 aromatic heterocycles. The number of benzene rings is 2. The summed E-state index contributed by atoms with van der Waals surface area (Å²) < 4.78 is 11.4. The molecule has 110 valence electrons. The molecule has 1 aliphatic rings. The maximum absolute atomic E-state index is 5.75. The molecule has 2 aromatic rings. The Morgan fingerprint density at radius 3 is 2.38 bits per heavy atom. The van der Waals surface area contributed by atoms with Crippen LogP contribution >= 0.6 is 0 Å². The van der Waals surface area contributed by atoms with E-state index in [1.807, 2.05) is 6.07 Å². The van der Waals surface area contributed by atoms with Gasteiger partial charge in [-0.1, -0.05) is 37.3 Å². The monoisotopic (exact) mass is 283 g/mol. The third-order valence-electron chi connectivity index (χ3n) is 3.61. The first-order chi connectivity index (χ1) is 10.4. The van der Waals surface area contributed by atoms with Gasteiger partial charge in [0.15, 0.2) is 11.5 Å². The Balaban J connectivity index is 1.81. The summed E-state index contributed by atoms with van der Waals surface area (Å²) in [6, 6.07) is 14.8. The van der Waals surface area contributed by atoms with E-state index in [0.717, 1.165) is 49.8 Å². The lowest BCUT2D eigenvalue weighted by atomic mass is 10.0. The van der Waals surface area contributed by atoms with E-state index in [9.17, 15) is 0 Å². The van der Waals surface area contributed by atoms with Gasteiger partial charge < -0.3 is 14.8 Å². The lowest BCUT2D eigenvalue weighted by Crippen LogP contribution is -2.11. The summed E-state index contributed by atoms with van der Waals surface area (Å²) in [5, 5.41) is 3.34. The number of hydrogen-bond donors (Lipinski definition) is 1. The van der Waals surface area contributed by atoms with E-state index < -0.39 is 0 Å². The summed E-state index contributed by atoms with van der Waals surface area (Å²) in [5.74, 6) is 1.70. The van der Waals surface area contributed by atoms with Gasteiger partial charge in [-0.05, 0) is 35.4 Å². The maximum atomic E-state index is 5.75. The van der Waals surface area contributed by atoms with Crippen LogP contribution in [-0.2, 0) is 6.54 Å². The van der Waals surface area contributed by atoms with Crippen molar-refractivity contribution in [1.29, 1.82) is 0 Å². The topological polar surface area (TPSA) is 30.5 Å². The highest BCUT2D eigenvalue weighted by molar-refractivity contribution is 5.67. The van der Waals surface area contributed by atoms with Crippen molar-refractivity contribution in [1.82, 2.24) is 5.32 Å². The molecule has 2 aromatic carbocycles. The van der Waals surface area contributed by atoms with E-state index in [0.29, 0.717) is 0 Å². The van der Waals surface area contributed by atoms with Crippen LogP contribution < -0.4 is 14.8 Å². The fourth-order valence-electron chi connectivity index (χ4n) is 2.43. The van der Waals surface area contributed by atoms with E-state index in [4.69, 9.17) is 9.47 Å². The van der Waals surface area contributed by atoms with Crippen molar-refractivity contribution in [2.24, 2.45) is 0 Å². The second-order valence-corrected chi connectivity index (χ2v) is 5.19.